The van der Waals surface area contributed by atoms with Gasteiger partial charge in [-0.05, 0) is 57.5 Å². The van der Waals surface area contributed by atoms with Crippen molar-refractivity contribution < 1.29 is 28.5 Å². The fourth-order valence-electron chi connectivity index (χ4n) is 3.86. The minimum Gasteiger partial charge on any atom is -0.487 e. The van der Waals surface area contributed by atoms with Gasteiger partial charge in [-0.2, -0.15) is 0 Å². The minimum absolute atomic E-state index is 0.0659. The molecule has 0 aromatic carbocycles. The monoisotopic (exact) mass is 624 g/mol. The molecule has 2 heterocycles. The van der Waals surface area contributed by atoms with Crippen molar-refractivity contribution in [3.63, 3.8) is 0 Å². The highest BCUT2D eigenvalue weighted by atomic mass is 79.9. The molecule has 9 heteroatoms. The Morgan fingerprint density at radius 1 is 0.853 bits per heavy atom. The number of fused-ring (bicyclic) bond motifs is 1. The maximum atomic E-state index is 12.8. The van der Waals surface area contributed by atoms with E-state index in [9.17, 15) is 9.59 Å². The molecule has 0 amide bonds. The molecule has 0 spiro atoms. The molecule has 0 bridgehead atoms. The van der Waals surface area contributed by atoms with Crippen molar-refractivity contribution in [2.24, 2.45) is 17.3 Å². The van der Waals surface area contributed by atoms with Gasteiger partial charge in [0.25, 0.3) is 0 Å². The number of thiophene rings is 1. The molecule has 1 aromatic rings. The number of carbonyl (C=O) groups is 2. The van der Waals surface area contributed by atoms with E-state index in [0.29, 0.717) is 11.5 Å². The summed E-state index contributed by atoms with van der Waals surface area (Å²) in [7, 11) is 0. The van der Waals surface area contributed by atoms with Crippen LogP contribution in [-0.4, -0.2) is 38.4 Å². The largest absolute Gasteiger partial charge is 0.487 e. The lowest BCUT2D eigenvalue weighted by molar-refractivity contribution is -0.162. The summed E-state index contributed by atoms with van der Waals surface area (Å²) in [4.78, 5) is 25.6. The Morgan fingerprint density at radius 3 is 1.62 bits per heavy atom. The van der Waals surface area contributed by atoms with E-state index in [1.165, 1.54) is 11.3 Å². The lowest BCUT2D eigenvalue weighted by Crippen LogP contribution is -2.44. The van der Waals surface area contributed by atoms with Gasteiger partial charge in [-0.25, -0.2) is 0 Å². The van der Waals surface area contributed by atoms with Crippen LogP contribution in [-0.2, 0) is 19.1 Å². The molecule has 0 aliphatic carbocycles. The number of hydrogen-bond donors (Lipinski definition) is 0. The average Bonchev–Trinajstić information content (AvgIpc) is 2.98. The Morgan fingerprint density at radius 2 is 1.26 bits per heavy atom. The summed E-state index contributed by atoms with van der Waals surface area (Å²) in [6, 6.07) is 0. The van der Waals surface area contributed by atoms with Crippen LogP contribution in [0.4, 0.5) is 0 Å². The van der Waals surface area contributed by atoms with E-state index >= 15 is 0 Å². The third-order valence-electron chi connectivity index (χ3n) is 6.29. The standard InChI is InChI=1S/C25H38Br2O6S/c1-5-9-11-17(7-3)23(28)32-15-25(16-33-24(29)18(8-4)12-10-6-2)13-30-19-20(31-14-25)22(27)34-21(19)26/h17-18H,5-16H2,1-4H3. The smallest absolute Gasteiger partial charge is 0.308 e. The fraction of sp³-hybridized carbons (Fsp3) is 0.760. The molecule has 1 aliphatic heterocycles. The number of hydrogen-bond acceptors (Lipinski definition) is 7. The summed E-state index contributed by atoms with van der Waals surface area (Å²) in [6.45, 7) is 8.78. The van der Waals surface area contributed by atoms with Crippen LogP contribution >= 0.6 is 43.2 Å². The quantitative estimate of drug-likeness (QED) is 0.199. The molecule has 6 nitrogen and oxygen atoms in total. The molecule has 2 atom stereocenters. The predicted octanol–water partition coefficient (Wildman–Crippen LogP) is 7.55. The molecule has 1 aliphatic rings. The molecule has 194 valence electrons. The van der Waals surface area contributed by atoms with Crippen LogP contribution in [0, 0.1) is 17.3 Å². The molecule has 0 fully saturated rings. The highest BCUT2D eigenvalue weighted by molar-refractivity contribution is 9.12. The number of halogens is 2. The van der Waals surface area contributed by atoms with Gasteiger partial charge in [0.1, 0.15) is 39.4 Å². The van der Waals surface area contributed by atoms with Gasteiger partial charge in [0.2, 0.25) is 0 Å². The third kappa shape index (κ3) is 8.12. The second kappa shape index (κ2) is 14.7. The molecule has 2 unspecified atom stereocenters. The van der Waals surface area contributed by atoms with Crippen LogP contribution in [0.3, 0.4) is 0 Å². The van der Waals surface area contributed by atoms with E-state index in [-0.39, 0.29) is 50.2 Å². The first-order valence-corrected chi connectivity index (χ1v) is 14.8. The third-order valence-corrected chi connectivity index (χ3v) is 8.71. The lowest BCUT2D eigenvalue weighted by atomic mass is 9.91. The molecule has 1 aromatic heterocycles. The zero-order chi connectivity index (χ0) is 25.1. The molecular weight excluding hydrogens is 588 g/mol. The molecule has 0 saturated heterocycles. The first-order chi connectivity index (χ1) is 16.3. The summed E-state index contributed by atoms with van der Waals surface area (Å²) < 4.78 is 25.4. The maximum Gasteiger partial charge on any atom is 0.308 e. The zero-order valence-corrected chi connectivity index (χ0v) is 24.7. The van der Waals surface area contributed by atoms with Crippen LogP contribution in [0.2, 0.25) is 0 Å². The van der Waals surface area contributed by atoms with E-state index in [2.05, 4.69) is 45.7 Å². The van der Waals surface area contributed by atoms with Gasteiger partial charge in [0.05, 0.1) is 11.8 Å². The normalized spacial score (nSPS) is 16.4. The zero-order valence-electron chi connectivity index (χ0n) is 20.8. The van der Waals surface area contributed by atoms with Crippen molar-refractivity contribution >= 4 is 55.1 Å². The van der Waals surface area contributed by atoms with Crippen molar-refractivity contribution in [2.75, 3.05) is 26.4 Å². The van der Waals surface area contributed by atoms with Crippen LogP contribution < -0.4 is 9.47 Å². The summed E-state index contributed by atoms with van der Waals surface area (Å²) in [5.74, 6) is 0.541. The van der Waals surface area contributed by atoms with Gasteiger partial charge in [0, 0.05) is 0 Å². The predicted molar refractivity (Wildman–Crippen MR) is 142 cm³/mol. The van der Waals surface area contributed by atoms with E-state index in [1.54, 1.807) is 0 Å². The summed E-state index contributed by atoms with van der Waals surface area (Å²) in [5.41, 5.74) is -0.799. The van der Waals surface area contributed by atoms with Gasteiger partial charge in [-0.3, -0.25) is 9.59 Å². The van der Waals surface area contributed by atoms with Crippen molar-refractivity contribution in [1.82, 2.24) is 0 Å². The second-order valence-electron chi connectivity index (χ2n) is 9.10. The highest BCUT2D eigenvalue weighted by Gasteiger charge is 2.41. The Labute approximate surface area is 224 Å². The Hall–Kier alpha value is -0.800. The average molecular weight is 626 g/mol. The van der Waals surface area contributed by atoms with Crippen LogP contribution in [0.15, 0.2) is 7.57 Å². The Bertz CT molecular complexity index is 734. The molecule has 2 rings (SSSR count). The maximum absolute atomic E-state index is 12.8. The van der Waals surface area contributed by atoms with Gasteiger partial charge in [-0.15, -0.1) is 11.3 Å². The number of esters is 2. The number of unbranched alkanes of at least 4 members (excludes halogenated alkanes) is 2. The second-order valence-corrected chi connectivity index (χ2v) is 12.8. The first-order valence-electron chi connectivity index (χ1n) is 12.4. The molecular formula is C25H38Br2O6S. The van der Waals surface area contributed by atoms with E-state index in [4.69, 9.17) is 18.9 Å². The fourth-order valence-corrected chi connectivity index (χ4v) is 6.72. The number of rotatable bonds is 14. The number of ether oxygens (including phenoxy) is 4. The summed E-state index contributed by atoms with van der Waals surface area (Å²) in [6.07, 6.45) is 7.14. The molecule has 34 heavy (non-hydrogen) atoms. The van der Waals surface area contributed by atoms with E-state index < -0.39 is 5.41 Å². The van der Waals surface area contributed by atoms with E-state index in [1.807, 2.05) is 13.8 Å². The van der Waals surface area contributed by atoms with Gasteiger partial charge in [-0.1, -0.05) is 53.4 Å². The van der Waals surface area contributed by atoms with Crippen molar-refractivity contribution in [2.45, 2.75) is 79.1 Å². The van der Waals surface area contributed by atoms with Gasteiger partial charge in [0.15, 0.2) is 11.5 Å². The molecule has 0 radical (unpaired) electrons. The van der Waals surface area contributed by atoms with E-state index in [0.717, 1.165) is 58.9 Å². The Kier molecular flexibility index (Phi) is 12.7. The SMILES string of the molecule is CCCCC(CC)C(=O)OCC1(COC(=O)C(CC)CCCC)COc2c(Br)sc(Br)c2OC1. The van der Waals surface area contributed by atoms with Crippen LogP contribution in [0.1, 0.15) is 79.1 Å². The highest BCUT2D eigenvalue weighted by Crippen LogP contribution is 2.50. The first kappa shape index (κ1) is 29.4. The van der Waals surface area contributed by atoms with Gasteiger partial charge < -0.3 is 18.9 Å². The summed E-state index contributed by atoms with van der Waals surface area (Å²) >= 11 is 8.51. The lowest BCUT2D eigenvalue weighted by Gasteiger charge is -2.31. The minimum atomic E-state index is -0.799. The van der Waals surface area contributed by atoms with Crippen molar-refractivity contribution in [3.8, 4) is 11.5 Å². The van der Waals surface area contributed by atoms with Crippen LogP contribution in [0.5, 0.6) is 11.5 Å². The number of carbonyl (C=O) groups excluding carboxylic acids is 2. The molecule has 0 saturated carbocycles. The van der Waals surface area contributed by atoms with Crippen LogP contribution in [0.25, 0.3) is 0 Å². The van der Waals surface area contributed by atoms with Gasteiger partial charge >= 0.3 is 11.9 Å². The van der Waals surface area contributed by atoms with Crippen molar-refractivity contribution in [3.05, 3.63) is 7.57 Å². The molecule has 0 N–H and O–H groups in total. The topological polar surface area (TPSA) is 71.1 Å². The summed E-state index contributed by atoms with van der Waals surface area (Å²) in [5, 5.41) is 0. The Balaban J connectivity index is 2.14. The van der Waals surface area contributed by atoms with Crippen molar-refractivity contribution in [1.29, 1.82) is 0 Å².